The van der Waals surface area contributed by atoms with Crippen molar-refractivity contribution in [3.8, 4) is 22.9 Å². The second kappa shape index (κ2) is 3.77. The van der Waals surface area contributed by atoms with Crippen LogP contribution in [-0.4, -0.2) is 20.2 Å². The molecular formula is C14H12N2O2. The van der Waals surface area contributed by atoms with Crippen molar-refractivity contribution in [2.24, 2.45) is 0 Å². The lowest BCUT2D eigenvalue weighted by Crippen LogP contribution is -1.81. The number of rotatable bonds is 1. The van der Waals surface area contributed by atoms with Crippen LogP contribution in [0.5, 0.6) is 11.5 Å². The van der Waals surface area contributed by atoms with Crippen LogP contribution < -0.4 is 0 Å². The third-order valence-electron chi connectivity index (χ3n) is 2.98. The molecule has 18 heavy (non-hydrogen) atoms. The van der Waals surface area contributed by atoms with Crippen LogP contribution in [0.4, 0.5) is 0 Å². The number of aromatic amines is 1. The number of aromatic hydroxyl groups is 2. The van der Waals surface area contributed by atoms with Gasteiger partial charge in [0.2, 0.25) is 0 Å². The SMILES string of the molecule is Cc1cccc2[nH]c(-c3cccc(O)c3O)nc12. The Morgan fingerprint density at radius 2 is 1.83 bits per heavy atom. The molecule has 0 spiro atoms. The first-order valence-corrected chi connectivity index (χ1v) is 5.63. The molecular weight excluding hydrogens is 228 g/mol. The van der Waals surface area contributed by atoms with Crippen LogP contribution in [0.2, 0.25) is 0 Å². The molecule has 0 aliphatic heterocycles. The number of aromatic nitrogens is 2. The Bertz CT molecular complexity index is 732. The molecule has 0 saturated heterocycles. The topological polar surface area (TPSA) is 69.1 Å². The van der Waals surface area contributed by atoms with Gasteiger partial charge in [-0.05, 0) is 30.7 Å². The summed E-state index contributed by atoms with van der Waals surface area (Å²) in [6.45, 7) is 1.98. The summed E-state index contributed by atoms with van der Waals surface area (Å²) in [6, 6.07) is 10.7. The zero-order valence-electron chi connectivity index (χ0n) is 9.81. The summed E-state index contributed by atoms with van der Waals surface area (Å²) in [5, 5.41) is 19.3. The second-order valence-electron chi connectivity index (χ2n) is 4.23. The van der Waals surface area contributed by atoms with Crippen molar-refractivity contribution in [2.45, 2.75) is 6.92 Å². The Kier molecular flexibility index (Phi) is 2.23. The molecule has 0 saturated carbocycles. The number of hydrogen-bond donors (Lipinski definition) is 3. The minimum Gasteiger partial charge on any atom is -0.504 e. The highest BCUT2D eigenvalue weighted by atomic mass is 16.3. The van der Waals surface area contributed by atoms with E-state index in [0.29, 0.717) is 11.4 Å². The van der Waals surface area contributed by atoms with Gasteiger partial charge in [-0.25, -0.2) is 4.98 Å². The molecule has 2 aromatic carbocycles. The fourth-order valence-electron chi connectivity index (χ4n) is 2.03. The number of hydrogen-bond acceptors (Lipinski definition) is 3. The number of phenols is 2. The average Bonchev–Trinajstić information content (AvgIpc) is 2.78. The number of phenolic OH excluding ortho intramolecular Hbond substituents is 2. The summed E-state index contributed by atoms with van der Waals surface area (Å²) in [5.74, 6) is 0.242. The van der Waals surface area contributed by atoms with Crippen LogP contribution >= 0.6 is 0 Å². The van der Waals surface area contributed by atoms with E-state index in [2.05, 4.69) is 9.97 Å². The Hall–Kier alpha value is -2.49. The summed E-state index contributed by atoms with van der Waals surface area (Å²) in [5.41, 5.74) is 3.34. The summed E-state index contributed by atoms with van der Waals surface area (Å²) < 4.78 is 0. The highest BCUT2D eigenvalue weighted by Crippen LogP contribution is 2.35. The molecule has 3 N–H and O–H groups in total. The Balaban J connectivity index is 2.26. The molecule has 4 heteroatoms. The predicted molar refractivity (Wildman–Crippen MR) is 69.6 cm³/mol. The van der Waals surface area contributed by atoms with E-state index in [9.17, 15) is 10.2 Å². The van der Waals surface area contributed by atoms with E-state index in [1.807, 2.05) is 25.1 Å². The minimum atomic E-state index is -0.158. The summed E-state index contributed by atoms with van der Waals surface area (Å²) >= 11 is 0. The number of benzene rings is 2. The van der Waals surface area contributed by atoms with Gasteiger partial charge in [-0.3, -0.25) is 0 Å². The minimum absolute atomic E-state index is 0.148. The normalized spacial score (nSPS) is 10.9. The highest BCUT2D eigenvalue weighted by Gasteiger charge is 2.12. The first kappa shape index (κ1) is 10.7. The second-order valence-corrected chi connectivity index (χ2v) is 4.23. The standard InChI is InChI=1S/C14H12N2O2/c1-8-4-2-6-10-12(8)16-14(15-10)9-5-3-7-11(17)13(9)18/h2-7,17-18H,1H3,(H,15,16). The van der Waals surface area contributed by atoms with Gasteiger partial charge in [0.15, 0.2) is 11.5 Å². The van der Waals surface area contributed by atoms with Crippen LogP contribution in [-0.2, 0) is 0 Å². The zero-order chi connectivity index (χ0) is 12.7. The summed E-state index contributed by atoms with van der Waals surface area (Å²) in [4.78, 5) is 7.60. The monoisotopic (exact) mass is 240 g/mol. The fourth-order valence-corrected chi connectivity index (χ4v) is 2.03. The average molecular weight is 240 g/mol. The van der Waals surface area contributed by atoms with E-state index in [0.717, 1.165) is 16.6 Å². The van der Waals surface area contributed by atoms with Crippen molar-refractivity contribution in [2.75, 3.05) is 0 Å². The first-order chi connectivity index (χ1) is 8.66. The fraction of sp³-hybridized carbons (Fsp3) is 0.0714. The van der Waals surface area contributed by atoms with Gasteiger partial charge in [0, 0.05) is 0 Å². The number of fused-ring (bicyclic) bond motifs is 1. The van der Waals surface area contributed by atoms with Crippen molar-refractivity contribution >= 4 is 11.0 Å². The lowest BCUT2D eigenvalue weighted by molar-refractivity contribution is 0.405. The molecule has 0 bridgehead atoms. The molecule has 3 aromatic rings. The van der Waals surface area contributed by atoms with Gasteiger partial charge >= 0.3 is 0 Å². The molecule has 3 rings (SSSR count). The number of aryl methyl sites for hydroxylation is 1. The first-order valence-electron chi connectivity index (χ1n) is 5.63. The van der Waals surface area contributed by atoms with Crippen molar-refractivity contribution < 1.29 is 10.2 Å². The van der Waals surface area contributed by atoms with Gasteiger partial charge in [0.1, 0.15) is 5.82 Å². The van der Waals surface area contributed by atoms with E-state index in [4.69, 9.17) is 0 Å². The van der Waals surface area contributed by atoms with E-state index in [-0.39, 0.29) is 11.5 Å². The van der Waals surface area contributed by atoms with Crippen molar-refractivity contribution in [1.29, 1.82) is 0 Å². The maximum absolute atomic E-state index is 9.84. The smallest absolute Gasteiger partial charge is 0.168 e. The number of nitrogens with one attached hydrogen (secondary N) is 1. The number of imidazole rings is 1. The molecule has 0 atom stereocenters. The maximum Gasteiger partial charge on any atom is 0.168 e. The molecule has 0 aliphatic carbocycles. The Morgan fingerprint density at radius 1 is 1.06 bits per heavy atom. The maximum atomic E-state index is 9.84. The van der Waals surface area contributed by atoms with Crippen LogP contribution in [0.15, 0.2) is 36.4 Å². The number of H-pyrrole nitrogens is 1. The number of nitrogens with zero attached hydrogens (tertiary/aromatic N) is 1. The molecule has 0 amide bonds. The van der Waals surface area contributed by atoms with Gasteiger partial charge in [0.05, 0.1) is 16.6 Å². The molecule has 90 valence electrons. The van der Waals surface area contributed by atoms with Gasteiger partial charge in [-0.1, -0.05) is 18.2 Å². The largest absolute Gasteiger partial charge is 0.504 e. The predicted octanol–water partition coefficient (Wildman–Crippen LogP) is 2.95. The van der Waals surface area contributed by atoms with E-state index < -0.39 is 0 Å². The quantitative estimate of drug-likeness (QED) is 0.573. The molecule has 1 aromatic heterocycles. The lowest BCUT2D eigenvalue weighted by atomic mass is 10.2. The van der Waals surface area contributed by atoms with Crippen LogP contribution in [0.3, 0.4) is 0 Å². The summed E-state index contributed by atoms with van der Waals surface area (Å²) in [6.07, 6.45) is 0. The molecule has 1 heterocycles. The third-order valence-corrected chi connectivity index (χ3v) is 2.98. The van der Waals surface area contributed by atoms with Gasteiger partial charge in [0.25, 0.3) is 0 Å². The zero-order valence-corrected chi connectivity index (χ0v) is 9.81. The summed E-state index contributed by atoms with van der Waals surface area (Å²) in [7, 11) is 0. The molecule has 4 nitrogen and oxygen atoms in total. The van der Waals surface area contributed by atoms with Crippen LogP contribution in [0, 0.1) is 6.92 Å². The van der Waals surface area contributed by atoms with Gasteiger partial charge in [-0.15, -0.1) is 0 Å². The Morgan fingerprint density at radius 3 is 2.61 bits per heavy atom. The van der Waals surface area contributed by atoms with E-state index in [1.54, 1.807) is 12.1 Å². The Labute approximate surface area is 104 Å². The van der Waals surface area contributed by atoms with Gasteiger partial charge < -0.3 is 15.2 Å². The van der Waals surface area contributed by atoms with Crippen LogP contribution in [0.1, 0.15) is 5.56 Å². The molecule has 0 aliphatic rings. The van der Waals surface area contributed by atoms with Crippen LogP contribution in [0.25, 0.3) is 22.4 Å². The lowest BCUT2D eigenvalue weighted by Gasteiger charge is -2.02. The van der Waals surface area contributed by atoms with Crippen molar-refractivity contribution in [1.82, 2.24) is 9.97 Å². The molecule has 0 radical (unpaired) electrons. The van der Waals surface area contributed by atoms with E-state index >= 15 is 0 Å². The van der Waals surface area contributed by atoms with Crippen molar-refractivity contribution in [3.63, 3.8) is 0 Å². The van der Waals surface area contributed by atoms with E-state index in [1.165, 1.54) is 6.07 Å². The number of para-hydroxylation sites is 2. The molecule has 0 unspecified atom stereocenters. The highest BCUT2D eigenvalue weighted by molar-refractivity contribution is 5.83. The molecule has 0 fully saturated rings. The third kappa shape index (κ3) is 1.50. The van der Waals surface area contributed by atoms with Crippen molar-refractivity contribution in [3.05, 3.63) is 42.0 Å². The van der Waals surface area contributed by atoms with Gasteiger partial charge in [-0.2, -0.15) is 0 Å².